The summed E-state index contributed by atoms with van der Waals surface area (Å²) in [5, 5.41) is 0. The van der Waals surface area contributed by atoms with Gasteiger partial charge in [0.05, 0.1) is 0 Å². The van der Waals surface area contributed by atoms with Crippen molar-refractivity contribution >= 4 is 18.5 Å². The number of carbonyl (C=O) groups excluding carboxylic acids is 1. The number of nitrogens with two attached hydrogens (primary N) is 1. The predicted molar refractivity (Wildman–Crippen MR) is 90.5 cm³/mol. The van der Waals surface area contributed by atoms with Gasteiger partial charge in [0, 0.05) is 37.3 Å². The molecular weight excluding hydrogens is 314 g/mol. The summed E-state index contributed by atoms with van der Waals surface area (Å²) in [6.07, 6.45) is 3.21. The Balaban J connectivity index is 0.00000156. The van der Waals surface area contributed by atoms with Gasteiger partial charge in [-0.2, -0.15) is 0 Å². The number of benzene rings is 1. The van der Waals surface area contributed by atoms with Crippen molar-refractivity contribution in [1.82, 2.24) is 9.80 Å². The van der Waals surface area contributed by atoms with Crippen molar-refractivity contribution in [3.05, 3.63) is 35.9 Å². The molecule has 5 rings (SSSR count). The highest BCUT2D eigenvalue weighted by atomic mass is 35.5. The number of carbonyl (C=O) groups is 1. The van der Waals surface area contributed by atoms with Crippen LogP contribution in [0.25, 0.3) is 0 Å². The summed E-state index contributed by atoms with van der Waals surface area (Å²) in [5.41, 5.74) is 7.68. The zero-order valence-electron chi connectivity index (χ0n) is 13.2. The fourth-order valence-corrected chi connectivity index (χ4v) is 4.32. The molecule has 1 aromatic rings. The van der Waals surface area contributed by atoms with Crippen LogP contribution in [0.3, 0.4) is 0 Å². The van der Waals surface area contributed by atoms with Crippen molar-refractivity contribution in [2.24, 2.45) is 5.73 Å². The Morgan fingerprint density at radius 3 is 2.26 bits per heavy atom. The summed E-state index contributed by atoms with van der Waals surface area (Å²) >= 11 is 0. The van der Waals surface area contributed by atoms with E-state index < -0.39 is 0 Å². The summed E-state index contributed by atoms with van der Waals surface area (Å²) in [6.45, 7) is 3.74. The lowest BCUT2D eigenvalue weighted by molar-refractivity contribution is -0.170. The molecule has 1 heterocycles. The Hall–Kier alpha value is -1.30. The zero-order valence-corrected chi connectivity index (χ0v) is 14.1. The molecule has 23 heavy (non-hydrogen) atoms. The van der Waals surface area contributed by atoms with Crippen LogP contribution < -0.4 is 5.73 Å². The topological polar surface area (TPSA) is 58.8 Å². The molecular formula is C17H24ClN3O2. The van der Waals surface area contributed by atoms with Crippen molar-refractivity contribution in [3.63, 3.8) is 0 Å². The second-order valence-electron chi connectivity index (χ2n) is 7.13. The molecule has 0 atom stereocenters. The number of hydrogen-bond donors (Lipinski definition) is 1. The van der Waals surface area contributed by atoms with Gasteiger partial charge in [-0.25, -0.2) is 4.79 Å². The molecule has 0 radical (unpaired) electrons. The van der Waals surface area contributed by atoms with Gasteiger partial charge < -0.3 is 15.4 Å². The van der Waals surface area contributed by atoms with Crippen LogP contribution >= 0.6 is 12.4 Å². The van der Waals surface area contributed by atoms with E-state index >= 15 is 0 Å². The molecule has 3 saturated carbocycles. The first-order chi connectivity index (χ1) is 10.6. The van der Waals surface area contributed by atoms with Crippen LogP contribution in [0.1, 0.15) is 24.8 Å². The molecule has 5 nitrogen and oxygen atoms in total. The van der Waals surface area contributed by atoms with E-state index in [0.717, 1.165) is 51.0 Å². The predicted octanol–water partition coefficient (Wildman–Crippen LogP) is 2.00. The summed E-state index contributed by atoms with van der Waals surface area (Å²) in [5.74, 6) is 0. The minimum Gasteiger partial charge on any atom is -0.445 e. The zero-order chi connectivity index (χ0) is 15.2. The Morgan fingerprint density at radius 2 is 1.70 bits per heavy atom. The molecule has 6 heteroatoms. The summed E-state index contributed by atoms with van der Waals surface area (Å²) in [7, 11) is 0. The lowest BCUT2D eigenvalue weighted by Gasteiger charge is -2.73. The second-order valence-corrected chi connectivity index (χ2v) is 7.13. The van der Waals surface area contributed by atoms with E-state index in [-0.39, 0.29) is 24.0 Å². The number of ether oxygens (including phenoxy) is 1. The van der Waals surface area contributed by atoms with Crippen molar-refractivity contribution in [1.29, 1.82) is 0 Å². The van der Waals surface area contributed by atoms with Gasteiger partial charge in [0.2, 0.25) is 0 Å². The van der Waals surface area contributed by atoms with Gasteiger partial charge in [-0.15, -0.1) is 12.4 Å². The number of hydrogen-bond acceptors (Lipinski definition) is 4. The summed E-state index contributed by atoms with van der Waals surface area (Å²) < 4.78 is 5.40. The van der Waals surface area contributed by atoms with Gasteiger partial charge in [-0.1, -0.05) is 30.3 Å². The Kier molecular flexibility index (Phi) is 4.29. The highest BCUT2D eigenvalue weighted by Gasteiger charge is 2.68. The van der Waals surface area contributed by atoms with E-state index in [0.29, 0.717) is 12.1 Å². The van der Waals surface area contributed by atoms with E-state index in [1.54, 1.807) is 0 Å². The van der Waals surface area contributed by atoms with Crippen LogP contribution in [0, 0.1) is 0 Å². The van der Waals surface area contributed by atoms with E-state index in [4.69, 9.17) is 10.5 Å². The molecule has 0 spiro atoms. The number of halogens is 1. The minimum atomic E-state index is -0.198. The molecule has 4 fully saturated rings. The van der Waals surface area contributed by atoms with Crippen LogP contribution in [0.4, 0.5) is 4.79 Å². The smallest absolute Gasteiger partial charge is 0.410 e. The summed E-state index contributed by atoms with van der Waals surface area (Å²) in [4.78, 5) is 16.5. The van der Waals surface area contributed by atoms with Crippen LogP contribution in [0.5, 0.6) is 0 Å². The van der Waals surface area contributed by atoms with E-state index in [1.165, 1.54) is 0 Å². The first kappa shape index (κ1) is 16.6. The third-order valence-corrected chi connectivity index (χ3v) is 5.46. The van der Waals surface area contributed by atoms with Gasteiger partial charge in [0.15, 0.2) is 0 Å². The first-order valence-corrected chi connectivity index (χ1v) is 8.08. The van der Waals surface area contributed by atoms with Crippen LogP contribution in [-0.4, -0.2) is 53.1 Å². The fraction of sp³-hybridized carbons (Fsp3) is 0.588. The van der Waals surface area contributed by atoms with Crippen molar-refractivity contribution in [2.75, 3.05) is 26.2 Å². The molecule has 1 aromatic carbocycles. The van der Waals surface area contributed by atoms with Gasteiger partial charge in [0.1, 0.15) is 6.61 Å². The SMILES string of the molecule is Cl.NC12CC(N3CCN(C(=O)OCc4ccccc4)CC3)(C1)C2. The van der Waals surface area contributed by atoms with Crippen molar-refractivity contribution in [2.45, 2.75) is 36.9 Å². The molecule has 1 saturated heterocycles. The molecule has 3 aliphatic carbocycles. The van der Waals surface area contributed by atoms with Crippen LogP contribution in [0.15, 0.2) is 30.3 Å². The molecule has 0 unspecified atom stereocenters. The Bertz CT molecular complexity index is 553. The van der Waals surface area contributed by atoms with Crippen molar-refractivity contribution < 1.29 is 9.53 Å². The second kappa shape index (κ2) is 5.96. The highest BCUT2D eigenvalue weighted by molar-refractivity contribution is 5.85. The molecule has 4 aliphatic rings. The van der Waals surface area contributed by atoms with Gasteiger partial charge >= 0.3 is 6.09 Å². The van der Waals surface area contributed by atoms with Crippen LogP contribution in [0.2, 0.25) is 0 Å². The largest absolute Gasteiger partial charge is 0.445 e. The summed E-state index contributed by atoms with van der Waals surface area (Å²) in [6, 6.07) is 9.81. The van der Waals surface area contributed by atoms with Gasteiger partial charge in [-0.3, -0.25) is 4.90 Å². The fourth-order valence-electron chi connectivity index (χ4n) is 4.32. The molecule has 126 valence electrons. The average Bonchev–Trinajstić information content (AvgIpc) is 2.50. The Morgan fingerprint density at radius 1 is 1.09 bits per heavy atom. The Labute approximate surface area is 143 Å². The molecule has 1 amide bonds. The lowest BCUT2D eigenvalue weighted by atomic mass is 9.44. The maximum Gasteiger partial charge on any atom is 0.410 e. The lowest BCUT2D eigenvalue weighted by Crippen LogP contribution is -2.83. The minimum absolute atomic E-state index is 0. The molecule has 1 aliphatic heterocycles. The number of rotatable bonds is 3. The maximum atomic E-state index is 12.1. The first-order valence-electron chi connectivity index (χ1n) is 8.08. The third kappa shape index (κ3) is 2.93. The van der Waals surface area contributed by atoms with Crippen LogP contribution in [-0.2, 0) is 11.3 Å². The van der Waals surface area contributed by atoms with E-state index in [1.807, 2.05) is 35.2 Å². The number of nitrogens with zero attached hydrogens (tertiary/aromatic N) is 2. The maximum absolute atomic E-state index is 12.1. The number of amides is 1. The van der Waals surface area contributed by atoms with Gasteiger partial charge in [0.25, 0.3) is 0 Å². The average molecular weight is 338 g/mol. The number of piperazine rings is 1. The third-order valence-electron chi connectivity index (χ3n) is 5.46. The highest BCUT2D eigenvalue weighted by Crippen LogP contribution is 2.62. The standard InChI is InChI=1S/C17H23N3O2.ClH/c18-16-11-17(12-16,13-16)20-8-6-19(7-9-20)15(21)22-10-14-4-2-1-3-5-14;/h1-5H,6-13,18H2;1H. The van der Waals surface area contributed by atoms with E-state index in [9.17, 15) is 4.79 Å². The molecule has 2 N–H and O–H groups in total. The quantitative estimate of drug-likeness (QED) is 0.916. The monoisotopic (exact) mass is 337 g/mol. The molecule has 2 bridgehead atoms. The normalized spacial score (nSPS) is 32.3. The van der Waals surface area contributed by atoms with Gasteiger partial charge in [-0.05, 0) is 24.8 Å². The van der Waals surface area contributed by atoms with E-state index in [2.05, 4.69) is 4.90 Å². The molecule has 0 aromatic heterocycles. The van der Waals surface area contributed by atoms with Crippen molar-refractivity contribution in [3.8, 4) is 0 Å².